The van der Waals surface area contributed by atoms with Crippen LogP contribution in [0.25, 0.3) is 0 Å². The number of anilines is 1. The quantitative estimate of drug-likeness (QED) is 0.907. The van der Waals surface area contributed by atoms with Gasteiger partial charge in [0.1, 0.15) is 10.7 Å². The summed E-state index contributed by atoms with van der Waals surface area (Å²) in [7, 11) is 0. The van der Waals surface area contributed by atoms with Crippen molar-refractivity contribution in [1.29, 1.82) is 0 Å². The van der Waals surface area contributed by atoms with Crippen LogP contribution in [0.15, 0.2) is 29.8 Å². The lowest BCUT2D eigenvalue weighted by molar-refractivity contribution is 0.0696. The maximum atomic E-state index is 11.8. The molecule has 0 spiro atoms. The van der Waals surface area contributed by atoms with Crippen molar-refractivity contribution < 1.29 is 14.7 Å². The number of aromatic carboxylic acids is 1. The first kappa shape index (κ1) is 12.5. The minimum atomic E-state index is -1.08. The highest BCUT2D eigenvalue weighted by Gasteiger charge is 2.13. The number of carboxylic acids is 1. The first-order valence-electron chi connectivity index (χ1n) is 4.81. The molecule has 5 nitrogen and oxygen atoms in total. The lowest BCUT2D eigenvalue weighted by atomic mass is 10.2. The maximum Gasteiger partial charge on any atom is 0.335 e. The van der Waals surface area contributed by atoms with Crippen molar-refractivity contribution in [3.63, 3.8) is 0 Å². The van der Waals surface area contributed by atoms with E-state index >= 15 is 0 Å². The second-order valence-electron chi connectivity index (χ2n) is 3.29. The van der Waals surface area contributed by atoms with Gasteiger partial charge in [-0.15, -0.1) is 11.3 Å². The lowest BCUT2D eigenvalue weighted by Crippen LogP contribution is -2.12. The van der Waals surface area contributed by atoms with Crippen LogP contribution >= 0.6 is 22.9 Å². The number of hydrogen-bond acceptors (Lipinski definition) is 4. The Morgan fingerprint density at radius 2 is 2.17 bits per heavy atom. The molecular weight excluding hydrogens is 276 g/mol. The predicted molar refractivity (Wildman–Crippen MR) is 68.5 cm³/mol. The van der Waals surface area contributed by atoms with E-state index in [1.54, 1.807) is 11.4 Å². The predicted octanol–water partition coefficient (Wildman–Crippen LogP) is 2.75. The highest BCUT2D eigenvalue weighted by molar-refractivity contribution is 7.12. The Morgan fingerprint density at radius 1 is 1.39 bits per heavy atom. The molecule has 0 atom stereocenters. The fourth-order valence-electron chi connectivity index (χ4n) is 1.26. The first-order valence-corrected chi connectivity index (χ1v) is 6.07. The Labute approximate surface area is 111 Å². The summed E-state index contributed by atoms with van der Waals surface area (Å²) < 4.78 is 0. The van der Waals surface area contributed by atoms with Crippen molar-refractivity contribution in [3.8, 4) is 0 Å². The number of aromatic nitrogens is 1. The van der Waals surface area contributed by atoms with E-state index in [1.807, 2.05) is 0 Å². The molecule has 0 aliphatic carbocycles. The minimum absolute atomic E-state index is 0.0533. The normalized spacial score (nSPS) is 10.1. The molecule has 0 saturated carbocycles. The van der Waals surface area contributed by atoms with Gasteiger partial charge in [0.15, 0.2) is 0 Å². The largest absolute Gasteiger partial charge is 0.478 e. The molecule has 0 radical (unpaired) electrons. The van der Waals surface area contributed by atoms with Crippen LogP contribution in [0.2, 0.25) is 5.02 Å². The Hall–Kier alpha value is -1.92. The van der Waals surface area contributed by atoms with Crippen LogP contribution in [-0.2, 0) is 0 Å². The molecule has 0 unspecified atom stereocenters. The maximum absolute atomic E-state index is 11.8. The molecule has 7 heteroatoms. The molecule has 2 heterocycles. The summed E-state index contributed by atoms with van der Waals surface area (Å²) in [5, 5.41) is 13.4. The van der Waals surface area contributed by atoms with Crippen molar-refractivity contribution in [2.24, 2.45) is 0 Å². The van der Waals surface area contributed by atoms with Gasteiger partial charge < -0.3 is 10.4 Å². The molecule has 0 saturated heterocycles. The molecule has 0 aliphatic rings. The van der Waals surface area contributed by atoms with Crippen LogP contribution in [0.5, 0.6) is 0 Å². The molecule has 0 fully saturated rings. The van der Waals surface area contributed by atoms with Crippen LogP contribution in [0.1, 0.15) is 20.0 Å². The fourth-order valence-corrected chi connectivity index (χ4v) is 2.30. The van der Waals surface area contributed by atoms with Gasteiger partial charge >= 0.3 is 5.97 Å². The van der Waals surface area contributed by atoms with Gasteiger partial charge in [-0.05, 0) is 23.6 Å². The van der Waals surface area contributed by atoms with E-state index in [1.165, 1.54) is 29.7 Å². The van der Waals surface area contributed by atoms with Gasteiger partial charge in [-0.1, -0.05) is 11.6 Å². The molecule has 2 rings (SSSR count). The smallest absolute Gasteiger partial charge is 0.335 e. The van der Waals surface area contributed by atoms with Crippen LogP contribution in [0, 0.1) is 0 Å². The van der Waals surface area contributed by atoms with E-state index in [0.29, 0.717) is 9.90 Å². The van der Waals surface area contributed by atoms with Gasteiger partial charge in [0.05, 0.1) is 10.6 Å². The van der Waals surface area contributed by atoms with Gasteiger partial charge in [0.2, 0.25) is 0 Å². The van der Waals surface area contributed by atoms with Crippen LogP contribution in [0.3, 0.4) is 0 Å². The van der Waals surface area contributed by atoms with Crippen LogP contribution in [-0.4, -0.2) is 22.0 Å². The minimum Gasteiger partial charge on any atom is -0.478 e. The number of thiophene rings is 1. The van der Waals surface area contributed by atoms with Crippen molar-refractivity contribution in [3.05, 3.63) is 45.2 Å². The summed E-state index contributed by atoms with van der Waals surface area (Å²) in [6.45, 7) is 0. The van der Waals surface area contributed by atoms with Crippen molar-refractivity contribution in [1.82, 2.24) is 4.98 Å². The number of pyridine rings is 1. The molecule has 0 aliphatic heterocycles. The van der Waals surface area contributed by atoms with E-state index in [-0.39, 0.29) is 11.4 Å². The lowest BCUT2D eigenvalue weighted by Gasteiger charge is -2.03. The highest BCUT2D eigenvalue weighted by Crippen LogP contribution is 2.22. The van der Waals surface area contributed by atoms with Crippen LogP contribution < -0.4 is 5.32 Å². The Balaban J connectivity index is 2.20. The van der Waals surface area contributed by atoms with Crippen molar-refractivity contribution >= 4 is 40.6 Å². The molecule has 2 N–H and O–H groups in total. The summed E-state index contributed by atoms with van der Waals surface area (Å²) in [5.41, 5.74) is 0.0533. The third kappa shape index (κ3) is 2.66. The third-order valence-corrected chi connectivity index (χ3v) is 3.41. The average Bonchev–Trinajstić information content (AvgIpc) is 2.76. The number of rotatable bonds is 3. The first-order chi connectivity index (χ1) is 8.58. The number of halogens is 1. The number of carbonyl (C=O) groups is 2. The Bertz CT molecular complexity index is 612. The molecule has 18 heavy (non-hydrogen) atoms. The Morgan fingerprint density at radius 3 is 2.78 bits per heavy atom. The van der Waals surface area contributed by atoms with E-state index in [2.05, 4.69) is 10.3 Å². The molecule has 1 amide bonds. The average molecular weight is 283 g/mol. The number of carboxylic acid groups (broad SMARTS) is 1. The summed E-state index contributed by atoms with van der Waals surface area (Å²) >= 11 is 7.02. The molecule has 2 aromatic heterocycles. The molecule has 0 aromatic carbocycles. The summed E-state index contributed by atoms with van der Waals surface area (Å²) in [4.78, 5) is 26.8. The zero-order valence-electron chi connectivity index (χ0n) is 8.88. The van der Waals surface area contributed by atoms with Crippen molar-refractivity contribution in [2.45, 2.75) is 0 Å². The van der Waals surface area contributed by atoms with E-state index < -0.39 is 11.9 Å². The topological polar surface area (TPSA) is 79.3 Å². The van der Waals surface area contributed by atoms with E-state index in [4.69, 9.17) is 16.7 Å². The highest BCUT2D eigenvalue weighted by atomic mass is 35.5. The van der Waals surface area contributed by atoms with E-state index in [0.717, 1.165) is 0 Å². The third-order valence-electron chi connectivity index (χ3n) is 2.07. The van der Waals surface area contributed by atoms with Crippen LogP contribution in [0.4, 0.5) is 5.82 Å². The fraction of sp³-hybridized carbons (Fsp3) is 0. The van der Waals surface area contributed by atoms with Gasteiger partial charge in [-0.2, -0.15) is 0 Å². The number of hydrogen-bond donors (Lipinski definition) is 2. The number of nitrogens with one attached hydrogen (secondary N) is 1. The summed E-state index contributed by atoms with van der Waals surface area (Å²) in [6.07, 6.45) is 1.31. The second kappa shape index (κ2) is 5.16. The zero-order chi connectivity index (χ0) is 13.1. The zero-order valence-corrected chi connectivity index (χ0v) is 10.5. The summed E-state index contributed by atoms with van der Waals surface area (Å²) in [6, 6.07) is 4.24. The van der Waals surface area contributed by atoms with Gasteiger partial charge in [-0.25, -0.2) is 9.78 Å². The molecule has 92 valence electrons. The second-order valence-corrected chi connectivity index (χ2v) is 4.61. The number of amides is 1. The van der Waals surface area contributed by atoms with Gasteiger partial charge in [0.25, 0.3) is 5.91 Å². The molecule has 2 aromatic rings. The Kier molecular flexibility index (Phi) is 3.59. The standard InChI is InChI=1S/C11H7ClN2O3S/c12-7-2-4-18-9(7)10(15)14-8-5-6(11(16)17)1-3-13-8/h1-5H,(H,16,17)(H,13,14,15). The van der Waals surface area contributed by atoms with Crippen molar-refractivity contribution in [2.75, 3.05) is 5.32 Å². The van der Waals surface area contributed by atoms with Gasteiger partial charge in [0, 0.05) is 6.20 Å². The summed E-state index contributed by atoms with van der Waals surface area (Å²) in [5.74, 6) is -1.32. The molecular formula is C11H7ClN2O3S. The van der Waals surface area contributed by atoms with E-state index in [9.17, 15) is 9.59 Å². The number of carbonyl (C=O) groups excluding carboxylic acids is 1. The number of nitrogens with zero attached hydrogens (tertiary/aromatic N) is 1. The monoisotopic (exact) mass is 282 g/mol. The molecule has 0 bridgehead atoms. The SMILES string of the molecule is O=C(O)c1ccnc(NC(=O)c2sccc2Cl)c1. The van der Waals surface area contributed by atoms with Gasteiger partial charge in [-0.3, -0.25) is 4.79 Å².